The summed E-state index contributed by atoms with van der Waals surface area (Å²) in [5, 5.41) is 4.74. The number of benzene rings is 1. The molecular formula is C14H16BrNO. The highest BCUT2D eigenvalue weighted by atomic mass is 79.9. The van der Waals surface area contributed by atoms with Crippen molar-refractivity contribution in [2.24, 2.45) is 0 Å². The summed E-state index contributed by atoms with van der Waals surface area (Å²) in [7, 11) is 0. The van der Waals surface area contributed by atoms with Crippen LogP contribution in [-0.2, 0) is 10.7 Å². The molecule has 0 atom stereocenters. The first kappa shape index (κ1) is 12.4. The lowest BCUT2D eigenvalue weighted by Gasteiger charge is -2.18. The van der Waals surface area contributed by atoms with Gasteiger partial charge in [0.25, 0.3) is 0 Å². The second kappa shape index (κ2) is 4.65. The average molecular weight is 294 g/mol. The summed E-state index contributed by atoms with van der Waals surface area (Å²) < 4.78 is 5.17. The second-order valence-electron chi connectivity index (χ2n) is 5.14. The van der Waals surface area contributed by atoms with Crippen LogP contribution < -0.4 is 0 Å². The maximum Gasteiger partial charge on any atom is 0.147 e. The van der Waals surface area contributed by atoms with Crippen LogP contribution in [0.15, 0.2) is 34.9 Å². The van der Waals surface area contributed by atoms with Gasteiger partial charge in [-0.1, -0.05) is 66.1 Å². The summed E-state index contributed by atoms with van der Waals surface area (Å²) in [6.45, 7) is 6.63. The molecule has 0 spiro atoms. The Kier molecular flexibility index (Phi) is 3.38. The number of rotatable bonds is 2. The molecule has 0 saturated heterocycles. The van der Waals surface area contributed by atoms with Crippen molar-refractivity contribution in [2.45, 2.75) is 31.5 Å². The number of alkyl halides is 1. The highest BCUT2D eigenvalue weighted by Gasteiger charge is 2.13. The van der Waals surface area contributed by atoms with Crippen molar-refractivity contribution >= 4 is 15.9 Å². The van der Waals surface area contributed by atoms with E-state index in [-0.39, 0.29) is 5.41 Å². The van der Waals surface area contributed by atoms with E-state index in [9.17, 15) is 0 Å². The standard InChI is InChI=1S/C14H16BrNO/c1-14(2,3)11-6-4-10(5-7-11)13-8-12(9-15)17-16-13/h4-8H,9H2,1-3H3. The molecule has 0 bridgehead atoms. The normalized spacial score (nSPS) is 11.8. The fraction of sp³-hybridized carbons (Fsp3) is 0.357. The summed E-state index contributed by atoms with van der Waals surface area (Å²) in [4.78, 5) is 0. The van der Waals surface area contributed by atoms with Crippen molar-refractivity contribution in [3.63, 3.8) is 0 Å². The zero-order chi connectivity index (χ0) is 12.5. The van der Waals surface area contributed by atoms with Crippen molar-refractivity contribution in [3.8, 4) is 11.3 Å². The molecule has 0 saturated carbocycles. The van der Waals surface area contributed by atoms with Crippen LogP contribution in [-0.4, -0.2) is 5.16 Å². The van der Waals surface area contributed by atoms with E-state index in [2.05, 4.69) is 66.1 Å². The van der Waals surface area contributed by atoms with Crippen LogP contribution in [0.3, 0.4) is 0 Å². The minimum absolute atomic E-state index is 0.184. The molecule has 1 heterocycles. The van der Waals surface area contributed by atoms with E-state index in [4.69, 9.17) is 4.52 Å². The second-order valence-corrected chi connectivity index (χ2v) is 5.70. The highest BCUT2D eigenvalue weighted by Crippen LogP contribution is 2.26. The minimum Gasteiger partial charge on any atom is -0.360 e. The van der Waals surface area contributed by atoms with Crippen molar-refractivity contribution in [2.75, 3.05) is 0 Å². The summed E-state index contributed by atoms with van der Waals surface area (Å²) in [5.74, 6) is 0.847. The third-order valence-electron chi connectivity index (χ3n) is 2.74. The lowest BCUT2D eigenvalue weighted by atomic mass is 9.86. The van der Waals surface area contributed by atoms with Gasteiger partial charge in [0.2, 0.25) is 0 Å². The Morgan fingerprint density at radius 2 is 1.82 bits per heavy atom. The van der Waals surface area contributed by atoms with Gasteiger partial charge in [-0.05, 0) is 11.0 Å². The third kappa shape index (κ3) is 2.78. The van der Waals surface area contributed by atoms with Gasteiger partial charge in [-0.3, -0.25) is 0 Å². The Labute approximate surface area is 110 Å². The predicted octanol–water partition coefficient (Wildman–Crippen LogP) is 4.53. The van der Waals surface area contributed by atoms with Crippen LogP contribution in [0.25, 0.3) is 11.3 Å². The van der Waals surface area contributed by atoms with Crippen molar-refractivity contribution < 1.29 is 4.52 Å². The summed E-state index contributed by atoms with van der Waals surface area (Å²) >= 11 is 3.35. The van der Waals surface area contributed by atoms with Crippen molar-refractivity contribution in [3.05, 3.63) is 41.7 Å². The SMILES string of the molecule is CC(C)(C)c1ccc(-c2cc(CBr)on2)cc1. The number of nitrogens with zero attached hydrogens (tertiary/aromatic N) is 1. The maximum absolute atomic E-state index is 5.17. The molecule has 90 valence electrons. The molecule has 2 rings (SSSR count). The molecule has 17 heavy (non-hydrogen) atoms. The highest BCUT2D eigenvalue weighted by molar-refractivity contribution is 9.08. The van der Waals surface area contributed by atoms with Gasteiger partial charge < -0.3 is 4.52 Å². The monoisotopic (exact) mass is 293 g/mol. The van der Waals surface area contributed by atoms with E-state index in [1.54, 1.807) is 0 Å². The average Bonchev–Trinajstić information content (AvgIpc) is 2.76. The Morgan fingerprint density at radius 1 is 1.18 bits per heavy atom. The molecule has 0 amide bonds. The number of halogens is 1. The predicted molar refractivity (Wildman–Crippen MR) is 73.3 cm³/mol. The lowest BCUT2D eigenvalue weighted by Crippen LogP contribution is -2.10. The molecule has 0 fully saturated rings. The smallest absolute Gasteiger partial charge is 0.147 e. The molecule has 0 unspecified atom stereocenters. The minimum atomic E-state index is 0.184. The van der Waals surface area contributed by atoms with E-state index in [1.807, 2.05) is 6.07 Å². The molecule has 1 aromatic carbocycles. The molecule has 3 heteroatoms. The van der Waals surface area contributed by atoms with Crippen LogP contribution in [0, 0.1) is 0 Å². The quantitative estimate of drug-likeness (QED) is 0.760. The van der Waals surface area contributed by atoms with E-state index in [0.717, 1.165) is 17.0 Å². The van der Waals surface area contributed by atoms with E-state index in [0.29, 0.717) is 5.33 Å². The number of aromatic nitrogens is 1. The molecule has 0 aliphatic carbocycles. The Morgan fingerprint density at radius 3 is 2.29 bits per heavy atom. The van der Waals surface area contributed by atoms with Gasteiger partial charge in [-0.2, -0.15) is 0 Å². The van der Waals surface area contributed by atoms with Gasteiger partial charge in [-0.25, -0.2) is 0 Å². The van der Waals surface area contributed by atoms with Crippen molar-refractivity contribution in [1.82, 2.24) is 5.16 Å². The Bertz CT molecular complexity index is 494. The first-order valence-electron chi connectivity index (χ1n) is 5.63. The molecule has 2 aromatic rings. The zero-order valence-corrected chi connectivity index (χ0v) is 11.9. The van der Waals surface area contributed by atoms with Gasteiger partial charge in [-0.15, -0.1) is 0 Å². The molecule has 0 N–H and O–H groups in total. The summed E-state index contributed by atoms with van der Waals surface area (Å²) in [6, 6.07) is 10.4. The first-order valence-corrected chi connectivity index (χ1v) is 6.75. The van der Waals surface area contributed by atoms with Crippen molar-refractivity contribution in [1.29, 1.82) is 0 Å². The molecule has 0 aliphatic rings. The summed E-state index contributed by atoms with van der Waals surface area (Å²) in [6.07, 6.45) is 0. The van der Waals surface area contributed by atoms with Gasteiger partial charge in [0.1, 0.15) is 11.5 Å². The van der Waals surface area contributed by atoms with Gasteiger partial charge in [0.05, 0.1) is 5.33 Å². The zero-order valence-electron chi connectivity index (χ0n) is 10.3. The van der Waals surface area contributed by atoms with Gasteiger partial charge in [0.15, 0.2) is 0 Å². The molecule has 2 nitrogen and oxygen atoms in total. The Balaban J connectivity index is 2.29. The molecular weight excluding hydrogens is 278 g/mol. The fourth-order valence-electron chi connectivity index (χ4n) is 1.65. The molecule has 0 radical (unpaired) electrons. The van der Waals surface area contributed by atoms with Gasteiger partial charge in [0, 0.05) is 11.6 Å². The lowest BCUT2D eigenvalue weighted by molar-refractivity contribution is 0.398. The van der Waals surface area contributed by atoms with Crippen LogP contribution >= 0.6 is 15.9 Å². The Hall–Kier alpha value is -1.09. The van der Waals surface area contributed by atoms with Gasteiger partial charge >= 0.3 is 0 Å². The van der Waals surface area contributed by atoms with Crippen LogP contribution in [0.1, 0.15) is 32.1 Å². The third-order valence-corrected chi connectivity index (χ3v) is 3.29. The number of hydrogen-bond acceptors (Lipinski definition) is 2. The largest absolute Gasteiger partial charge is 0.360 e. The van der Waals surface area contributed by atoms with E-state index in [1.165, 1.54) is 5.56 Å². The topological polar surface area (TPSA) is 26.0 Å². The summed E-state index contributed by atoms with van der Waals surface area (Å²) in [5.41, 5.74) is 3.49. The van der Waals surface area contributed by atoms with Crippen LogP contribution in [0.2, 0.25) is 0 Å². The number of hydrogen-bond donors (Lipinski definition) is 0. The van der Waals surface area contributed by atoms with E-state index < -0.39 is 0 Å². The molecule has 1 aromatic heterocycles. The fourth-order valence-corrected chi connectivity index (χ4v) is 1.92. The molecule has 0 aliphatic heterocycles. The van der Waals surface area contributed by atoms with E-state index >= 15 is 0 Å². The van der Waals surface area contributed by atoms with Crippen LogP contribution in [0.5, 0.6) is 0 Å². The first-order chi connectivity index (χ1) is 8.00. The maximum atomic E-state index is 5.17. The van der Waals surface area contributed by atoms with Crippen LogP contribution in [0.4, 0.5) is 0 Å².